The Kier molecular flexibility index (Phi) is 19.8. The van der Waals surface area contributed by atoms with Crippen LogP contribution in [0.3, 0.4) is 0 Å². The third-order valence-corrected chi connectivity index (χ3v) is 11.8. The number of hydrogen-bond donors (Lipinski definition) is 0. The van der Waals surface area contributed by atoms with E-state index in [9.17, 15) is 9.13 Å². The fourth-order valence-electron chi connectivity index (χ4n) is 3.23. The van der Waals surface area contributed by atoms with Gasteiger partial charge in [0.1, 0.15) is 0 Å². The third kappa shape index (κ3) is 16.4. The van der Waals surface area contributed by atoms with E-state index >= 15 is 0 Å². The molecular weight excluding hydrogens is 346 g/mol. The Morgan fingerprint density at radius 2 is 0.640 bits per heavy atom. The standard InChI is InChI=1S/C12H27OP.C9H21OP/c1-4-7-10-14(13,11-8-5-2)12-9-6-3;1-4-7-11(10,8-5-2)9-6-3/h4-12H2,1-3H3;4-9H2,1-3H3. The van der Waals surface area contributed by atoms with Crippen molar-refractivity contribution in [2.75, 3.05) is 37.0 Å². The van der Waals surface area contributed by atoms with Gasteiger partial charge in [0, 0.05) is 37.0 Å². The minimum Gasteiger partial charge on any atom is -0.324 e. The van der Waals surface area contributed by atoms with Gasteiger partial charge in [-0.05, 0) is 38.5 Å². The van der Waals surface area contributed by atoms with E-state index in [0.717, 1.165) is 75.5 Å². The van der Waals surface area contributed by atoms with Crippen LogP contribution in [0.15, 0.2) is 0 Å². The predicted octanol–water partition coefficient (Wildman–Crippen LogP) is 8.33. The zero-order valence-electron chi connectivity index (χ0n) is 18.3. The van der Waals surface area contributed by atoms with Gasteiger partial charge in [-0.1, -0.05) is 60.8 Å². The molecule has 0 saturated carbocycles. The van der Waals surface area contributed by atoms with Crippen molar-refractivity contribution in [3.05, 3.63) is 0 Å². The zero-order chi connectivity index (χ0) is 19.6. The highest BCUT2D eigenvalue weighted by atomic mass is 31.2. The van der Waals surface area contributed by atoms with Crippen molar-refractivity contribution in [1.82, 2.24) is 0 Å². The molecule has 0 aromatic heterocycles. The fourth-order valence-corrected chi connectivity index (χ4v) is 9.70. The summed E-state index contributed by atoms with van der Waals surface area (Å²) < 4.78 is 24.5. The maximum atomic E-state index is 12.5. The fraction of sp³-hybridized carbons (Fsp3) is 1.00. The van der Waals surface area contributed by atoms with Crippen LogP contribution in [0.4, 0.5) is 0 Å². The molecule has 0 amide bonds. The van der Waals surface area contributed by atoms with E-state index < -0.39 is 14.3 Å². The quantitative estimate of drug-likeness (QED) is 0.262. The highest BCUT2D eigenvalue weighted by molar-refractivity contribution is 7.64. The maximum Gasteiger partial charge on any atom is 0.0877 e. The van der Waals surface area contributed by atoms with Crippen LogP contribution < -0.4 is 0 Å². The maximum absolute atomic E-state index is 12.5. The first-order valence-electron chi connectivity index (χ1n) is 11.0. The van der Waals surface area contributed by atoms with Crippen molar-refractivity contribution >= 4 is 14.3 Å². The molecular formula is C21H48O2P2. The molecule has 0 saturated heterocycles. The van der Waals surface area contributed by atoms with Gasteiger partial charge < -0.3 is 9.13 Å². The summed E-state index contributed by atoms with van der Waals surface area (Å²) in [4.78, 5) is 0. The SMILES string of the molecule is CCCCP(=O)(CCCC)CCCC.CCCP(=O)(CCC)CCC. The second-order valence-corrected chi connectivity index (χ2v) is 14.4. The van der Waals surface area contributed by atoms with E-state index in [4.69, 9.17) is 0 Å². The van der Waals surface area contributed by atoms with Crippen LogP contribution in [0.2, 0.25) is 0 Å². The molecule has 0 aliphatic heterocycles. The van der Waals surface area contributed by atoms with Gasteiger partial charge in [0.15, 0.2) is 0 Å². The normalized spacial score (nSPS) is 11.9. The van der Waals surface area contributed by atoms with E-state index in [1.54, 1.807) is 0 Å². The number of unbranched alkanes of at least 4 members (excludes halogenated alkanes) is 3. The summed E-state index contributed by atoms with van der Waals surface area (Å²) in [6.45, 7) is 12.9. The molecule has 4 heteroatoms. The average Bonchev–Trinajstić information content (AvgIpc) is 2.58. The summed E-state index contributed by atoms with van der Waals surface area (Å²) in [5.41, 5.74) is 0. The van der Waals surface area contributed by atoms with E-state index in [0.29, 0.717) is 0 Å². The Balaban J connectivity index is 0. The second kappa shape index (κ2) is 17.9. The first-order valence-corrected chi connectivity index (χ1v) is 15.5. The van der Waals surface area contributed by atoms with E-state index in [1.165, 1.54) is 19.3 Å². The lowest BCUT2D eigenvalue weighted by Gasteiger charge is -2.17. The van der Waals surface area contributed by atoms with Crippen LogP contribution in [0.5, 0.6) is 0 Å². The molecule has 0 rings (SSSR count). The van der Waals surface area contributed by atoms with Crippen molar-refractivity contribution < 1.29 is 9.13 Å². The van der Waals surface area contributed by atoms with Crippen LogP contribution in [-0.2, 0) is 9.13 Å². The van der Waals surface area contributed by atoms with E-state index in [-0.39, 0.29) is 0 Å². The first kappa shape index (κ1) is 27.7. The largest absolute Gasteiger partial charge is 0.324 e. The molecule has 25 heavy (non-hydrogen) atoms. The molecule has 0 unspecified atom stereocenters. The summed E-state index contributed by atoms with van der Waals surface area (Å²) in [6, 6.07) is 0. The van der Waals surface area contributed by atoms with Crippen molar-refractivity contribution in [2.45, 2.75) is 99.3 Å². The van der Waals surface area contributed by atoms with Gasteiger partial charge >= 0.3 is 0 Å². The predicted molar refractivity (Wildman–Crippen MR) is 120 cm³/mol. The van der Waals surface area contributed by atoms with Crippen LogP contribution in [-0.4, -0.2) is 37.0 Å². The summed E-state index contributed by atoms with van der Waals surface area (Å²) in [5, 5.41) is 0. The molecule has 0 spiro atoms. The van der Waals surface area contributed by atoms with Gasteiger partial charge in [-0.15, -0.1) is 0 Å². The number of hydrogen-bond acceptors (Lipinski definition) is 2. The minimum absolute atomic E-state index is 0.967. The minimum atomic E-state index is -1.77. The summed E-state index contributed by atoms with van der Waals surface area (Å²) >= 11 is 0. The van der Waals surface area contributed by atoms with E-state index in [2.05, 4.69) is 41.5 Å². The lowest BCUT2D eigenvalue weighted by Crippen LogP contribution is -2.00. The Morgan fingerprint density at radius 1 is 0.400 bits per heavy atom. The number of rotatable bonds is 15. The lowest BCUT2D eigenvalue weighted by atomic mass is 10.4. The van der Waals surface area contributed by atoms with Gasteiger partial charge in [0.2, 0.25) is 0 Å². The molecule has 0 heterocycles. The molecule has 154 valence electrons. The summed E-state index contributed by atoms with van der Waals surface area (Å²) in [5.74, 6) is 0. The van der Waals surface area contributed by atoms with Crippen molar-refractivity contribution in [3.8, 4) is 0 Å². The van der Waals surface area contributed by atoms with Crippen molar-refractivity contribution in [1.29, 1.82) is 0 Å². The zero-order valence-corrected chi connectivity index (χ0v) is 20.1. The highest BCUT2D eigenvalue weighted by Gasteiger charge is 2.19. The summed E-state index contributed by atoms with van der Waals surface area (Å²) in [7, 11) is -3.49. The van der Waals surface area contributed by atoms with E-state index in [1.807, 2.05) is 0 Å². The molecule has 0 N–H and O–H groups in total. The van der Waals surface area contributed by atoms with Crippen LogP contribution in [0.1, 0.15) is 99.3 Å². The molecule has 0 aromatic rings. The molecule has 0 aliphatic carbocycles. The van der Waals surface area contributed by atoms with Gasteiger partial charge in [-0.3, -0.25) is 0 Å². The monoisotopic (exact) mass is 394 g/mol. The van der Waals surface area contributed by atoms with Crippen LogP contribution in [0.25, 0.3) is 0 Å². The Morgan fingerprint density at radius 3 is 0.840 bits per heavy atom. The Bertz CT molecular complexity index is 315. The smallest absolute Gasteiger partial charge is 0.0877 e. The molecule has 0 aliphatic rings. The Hall–Kier alpha value is 0.460. The summed E-state index contributed by atoms with van der Waals surface area (Å²) in [6.07, 6.45) is 16.2. The van der Waals surface area contributed by atoms with Crippen LogP contribution >= 0.6 is 14.3 Å². The lowest BCUT2D eigenvalue weighted by molar-refractivity contribution is 0.567. The van der Waals surface area contributed by atoms with Gasteiger partial charge in [0.05, 0.1) is 14.3 Å². The molecule has 0 fully saturated rings. The molecule has 0 bridgehead atoms. The topological polar surface area (TPSA) is 34.1 Å². The molecule has 0 radical (unpaired) electrons. The molecule has 0 atom stereocenters. The first-order chi connectivity index (χ1) is 11.9. The Labute approximate surface area is 160 Å². The van der Waals surface area contributed by atoms with Gasteiger partial charge in [-0.25, -0.2) is 0 Å². The van der Waals surface area contributed by atoms with Gasteiger partial charge in [0.25, 0.3) is 0 Å². The second-order valence-electron chi connectivity index (χ2n) is 7.52. The van der Waals surface area contributed by atoms with Crippen LogP contribution in [0, 0.1) is 0 Å². The van der Waals surface area contributed by atoms with Gasteiger partial charge in [-0.2, -0.15) is 0 Å². The van der Waals surface area contributed by atoms with Crippen molar-refractivity contribution in [3.63, 3.8) is 0 Å². The highest BCUT2D eigenvalue weighted by Crippen LogP contribution is 2.48. The third-order valence-electron chi connectivity index (χ3n) is 4.65. The molecule has 2 nitrogen and oxygen atoms in total. The molecule has 0 aromatic carbocycles. The average molecular weight is 395 g/mol. The van der Waals surface area contributed by atoms with Crippen molar-refractivity contribution in [2.24, 2.45) is 0 Å².